The number of hydrogen-bond acceptors (Lipinski definition) is 4. The molecule has 0 unspecified atom stereocenters. The Hall–Kier alpha value is -8.49. The van der Waals surface area contributed by atoms with Crippen molar-refractivity contribution in [1.82, 2.24) is 24.5 Å². The summed E-state index contributed by atoms with van der Waals surface area (Å²) in [6.45, 7) is 4.19. The Morgan fingerprint density at radius 3 is 1.25 bits per heavy atom. The number of hydrogen-bond donors (Lipinski definition) is 0. The lowest BCUT2D eigenvalue weighted by Gasteiger charge is -2.21. The molecule has 0 aliphatic heterocycles. The fourth-order valence-corrected chi connectivity index (χ4v) is 9.06. The molecule has 0 atom stereocenters. The van der Waals surface area contributed by atoms with E-state index in [9.17, 15) is 0 Å². The molecule has 0 fully saturated rings. The van der Waals surface area contributed by atoms with Gasteiger partial charge in [0.25, 0.3) is 0 Å². The zero-order valence-corrected chi connectivity index (χ0v) is 36.5. The fraction of sp³-hybridized carbons (Fsp3) is 0.0508. The molecule has 0 saturated carbocycles. The highest BCUT2D eigenvalue weighted by Gasteiger charge is 2.35. The number of alkyl halides is 3. The second kappa shape index (κ2) is 16.8. The monoisotopic (exact) mass is 875 g/mol. The first-order valence-corrected chi connectivity index (χ1v) is 22.0. The number of aryl methyl sites for hydroxylation is 2. The van der Waals surface area contributed by atoms with Gasteiger partial charge < -0.3 is 4.57 Å². The topological polar surface area (TPSA) is 56.5 Å². The molecule has 11 aromatic rings. The second-order valence-corrected chi connectivity index (χ2v) is 16.7. The number of fused-ring (bicyclic) bond motifs is 3. The molecule has 8 heteroatoms. The first kappa shape index (κ1) is 41.2. The van der Waals surface area contributed by atoms with E-state index in [0.29, 0.717) is 28.5 Å². The maximum atomic E-state index is 15.7. The molecule has 322 valence electrons. The Labute approximate surface area is 385 Å². The van der Waals surface area contributed by atoms with E-state index in [2.05, 4.69) is 56.3 Å². The molecule has 11 rings (SSSR count). The summed E-state index contributed by atoms with van der Waals surface area (Å²) < 4.78 is 49.2. The third-order valence-electron chi connectivity index (χ3n) is 12.2. The maximum Gasteiger partial charge on any atom is 0.416 e. The highest BCUT2D eigenvalue weighted by Crippen LogP contribution is 2.45. The maximum absolute atomic E-state index is 15.7. The van der Waals surface area contributed by atoms with Crippen LogP contribution in [0.25, 0.3) is 106 Å². The van der Waals surface area contributed by atoms with Crippen LogP contribution in [-0.2, 0) is 6.18 Å². The molecular weight excluding hydrogens is 836 g/mol. The summed E-state index contributed by atoms with van der Waals surface area (Å²) in [6, 6.07) is 65.4. The number of nitrogens with zero attached hydrogens (tertiary/aromatic N) is 5. The lowest BCUT2D eigenvalue weighted by atomic mass is 9.97. The van der Waals surface area contributed by atoms with E-state index in [-0.39, 0.29) is 22.8 Å². The van der Waals surface area contributed by atoms with Crippen molar-refractivity contribution in [2.45, 2.75) is 20.0 Å². The summed E-state index contributed by atoms with van der Waals surface area (Å²) in [7, 11) is 0. The molecule has 8 aromatic carbocycles. The molecule has 5 nitrogen and oxygen atoms in total. The Kier molecular flexibility index (Phi) is 10.3. The van der Waals surface area contributed by atoms with Gasteiger partial charge in [0, 0.05) is 44.2 Å². The van der Waals surface area contributed by atoms with Crippen molar-refractivity contribution < 1.29 is 13.2 Å². The smallest absolute Gasteiger partial charge is 0.308 e. The first-order chi connectivity index (χ1) is 32.7. The van der Waals surface area contributed by atoms with Crippen LogP contribution in [0.4, 0.5) is 13.2 Å². The van der Waals surface area contributed by atoms with Crippen LogP contribution in [0.5, 0.6) is 0 Å². The number of benzene rings is 8. The van der Waals surface area contributed by atoms with Gasteiger partial charge in [0.15, 0.2) is 11.6 Å². The Balaban J connectivity index is 1.30. The van der Waals surface area contributed by atoms with Crippen LogP contribution < -0.4 is 0 Å². The molecule has 0 amide bonds. The van der Waals surface area contributed by atoms with E-state index in [0.717, 1.165) is 60.8 Å². The lowest BCUT2D eigenvalue weighted by Crippen LogP contribution is -2.11. The van der Waals surface area contributed by atoms with E-state index in [1.165, 1.54) is 17.7 Å². The van der Waals surface area contributed by atoms with E-state index in [1.54, 1.807) is 0 Å². The number of halogens is 3. The molecule has 3 aromatic heterocycles. The van der Waals surface area contributed by atoms with Crippen LogP contribution in [0.15, 0.2) is 206 Å². The Bertz CT molecular complexity index is 3360. The average molecular weight is 876 g/mol. The zero-order valence-electron chi connectivity index (χ0n) is 36.5. The van der Waals surface area contributed by atoms with Gasteiger partial charge in [-0.2, -0.15) is 13.2 Å². The first-order valence-electron chi connectivity index (χ1n) is 22.0. The van der Waals surface area contributed by atoms with Gasteiger partial charge in [-0.1, -0.05) is 169 Å². The Morgan fingerprint density at radius 2 is 0.806 bits per heavy atom. The molecule has 0 N–H and O–H groups in total. The van der Waals surface area contributed by atoms with Crippen LogP contribution in [0, 0.1) is 13.8 Å². The van der Waals surface area contributed by atoms with Crippen molar-refractivity contribution >= 4 is 21.8 Å². The standard InChI is InChI=1S/C59H40F3N5/c1-37-27-29-45(38(2)31-37)43-28-30-55-47(32-43)46-25-15-16-26-54(46)67(55)56-48(57-63-50(39-17-7-3-8-18-39)35-51(64-57)40-19-9-4-10-20-40)33-44(59(60,61)62)34-49(56)58-65-52(41-21-11-5-12-22-41)36-53(66-58)42-23-13-6-14-24-42/h3-36H,1-2H3. The second-order valence-electron chi connectivity index (χ2n) is 16.7. The van der Waals surface area contributed by atoms with Crippen LogP contribution in [-0.4, -0.2) is 24.5 Å². The number of para-hydroxylation sites is 1. The minimum absolute atomic E-state index is 0.114. The fourth-order valence-electron chi connectivity index (χ4n) is 9.06. The summed E-state index contributed by atoms with van der Waals surface area (Å²) in [5.74, 6) is 0.228. The van der Waals surface area contributed by atoms with E-state index < -0.39 is 11.7 Å². The molecule has 0 bridgehead atoms. The normalized spacial score (nSPS) is 11.7. The molecule has 0 aliphatic carbocycles. The van der Waals surface area contributed by atoms with E-state index >= 15 is 13.2 Å². The van der Waals surface area contributed by atoms with Crippen LogP contribution in [0.3, 0.4) is 0 Å². The van der Waals surface area contributed by atoms with Crippen molar-refractivity contribution in [3.05, 3.63) is 223 Å². The lowest BCUT2D eigenvalue weighted by molar-refractivity contribution is -0.137. The van der Waals surface area contributed by atoms with Gasteiger partial charge >= 0.3 is 6.18 Å². The van der Waals surface area contributed by atoms with Gasteiger partial charge in [0.05, 0.1) is 45.1 Å². The van der Waals surface area contributed by atoms with Crippen molar-refractivity contribution in [2.75, 3.05) is 0 Å². The van der Waals surface area contributed by atoms with Crippen molar-refractivity contribution in [3.8, 4) is 84.6 Å². The molecular formula is C59H40F3N5. The van der Waals surface area contributed by atoms with Gasteiger partial charge in [0.2, 0.25) is 0 Å². The summed E-state index contributed by atoms with van der Waals surface area (Å²) in [5.41, 5.74) is 11.2. The van der Waals surface area contributed by atoms with Crippen LogP contribution in [0.1, 0.15) is 16.7 Å². The number of rotatable bonds is 8. The summed E-state index contributed by atoms with van der Waals surface area (Å²) in [4.78, 5) is 20.6. The predicted octanol–water partition coefficient (Wildman–Crippen LogP) is 15.7. The highest BCUT2D eigenvalue weighted by atomic mass is 19.4. The van der Waals surface area contributed by atoms with Crippen molar-refractivity contribution in [3.63, 3.8) is 0 Å². The summed E-state index contributed by atoms with van der Waals surface area (Å²) in [5, 5.41) is 1.85. The molecule has 0 saturated heterocycles. The van der Waals surface area contributed by atoms with Crippen molar-refractivity contribution in [1.29, 1.82) is 0 Å². The molecule has 67 heavy (non-hydrogen) atoms. The quantitative estimate of drug-likeness (QED) is 0.153. The summed E-state index contributed by atoms with van der Waals surface area (Å²) >= 11 is 0. The van der Waals surface area contributed by atoms with Gasteiger partial charge in [-0.3, -0.25) is 0 Å². The third kappa shape index (κ3) is 7.82. The van der Waals surface area contributed by atoms with Gasteiger partial charge in [0.1, 0.15) is 0 Å². The largest absolute Gasteiger partial charge is 0.416 e. The molecule has 0 radical (unpaired) electrons. The molecule has 0 spiro atoms. The van der Waals surface area contributed by atoms with Gasteiger partial charge in [-0.15, -0.1) is 0 Å². The highest BCUT2D eigenvalue weighted by molar-refractivity contribution is 6.11. The SMILES string of the molecule is Cc1ccc(-c2ccc3c(c2)c2ccccc2n3-c2c(-c3nc(-c4ccccc4)cc(-c4ccccc4)n3)cc(C(F)(F)F)cc2-c2nc(-c3ccccc3)cc(-c3ccccc3)n2)c(C)c1. The van der Waals surface area contributed by atoms with Gasteiger partial charge in [-0.05, 0) is 73.0 Å². The minimum Gasteiger partial charge on any atom is -0.308 e. The van der Waals surface area contributed by atoms with E-state index in [1.807, 2.05) is 156 Å². The molecule has 3 heterocycles. The average Bonchev–Trinajstić information content (AvgIpc) is 3.69. The van der Waals surface area contributed by atoms with Gasteiger partial charge in [-0.25, -0.2) is 19.9 Å². The summed E-state index contributed by atoms with van der Waals surface area (Å²) in [6.07, 6.45) is -4.78. The van der Waals surface area contributed by atoms with Crippen LogP contribution in [0.2, 0.25) is 0 Å². The zero-order chi connectivity index (χ0) is 45.6. The van der Waals surface area contributed by atoms with E-state index in [4.69, 9.17) is 19.9 Å². The third-order valence-corrected chi connectivity index (χ3v) is 12.2. The Morgan fingerprint density at radius 1 is 0.373 bits per heavy atom. The van der Waals surface area contributed by atoms with Crippen LogP contribution >= 0.6 is 0 Å². The number of aromatic nitrogens is 5. The predicted molar refractivity (Wildman–Crippen MR) is 264 cm³/mol. The van der Waals surface area contributed by atoms with Crippen molar-refractivity contribution in [2.24, 2.45) is 0 Å². The molecule has 0 aliphatic rings. The minimum atomic E-state index is -4.78.